The van der Waals surface area contributed by atoms with Crippen molar-refractivity contribution in [3.8, 4) is 0 Å². The highest BCUT2D eigenvalue weighted by Crippen LogP contribution is 2.37. The zero-order valence-corrected chi connectivity index (χ0v) is 11.7. The van der Waals surface area contributed by atoms with Crippen molar-refractivity contribution in [3.63, 3.8) is 0 Å². The fourth-order valence-electron chi connectivity index (χ4n) is 1.71. The molecule has 0 saturated carbocycles. The summed E-state index contributed by atoms with van der Waals surface area (Å²) in [7, 11) is -0.120. The predicted molar refractivity (Wildman–Crippen MR) is 73.2 cm³/mol. The molecule has 0 amide bonds. The van der Waals surface area contributed by atoms with Gasteiger partial charge in [0.25, 0.3) is 0 Å². The number of benzene rings is 1. The van der Waals surface area contributed by atoms with Crippen molar-refractivity contribution in [3.05, 3.63) is 30.3 Å². The maximum absolute atomic E-state index is 5.94. The van der Waals surface area contributed by atoms with Crippen LogP contribution in [0.3, 0.4) is 0 Å². The lowest BCUT2D eigenvalue weighted by Crippen LogP contribution is -2.41. The third kappa shape index (κ3) is 2.87. The largest absolute Gasteiger partial charge is 0.468 e. The zero-order valence-electron chi connectivity index (χ0n) is 10.9. The molecule has 1 aliphatic heterocycles. The molecule has 2 rings (SSSR count). The molecule has 4 heteroatoms. The van der Waals surface area contributed by atoms with Gasteiger partial charge >= 0.3 is 7.12 Å². The van der Waals surface area contributed by atoms with Gasteiger partial charge in [-0.05, 0) is 39.8 Å². The SMILES string of the molecule is CC1(C)OB(CSc2ccccc2)OC1(C)C. The van der Waals surface area contributed by atoms with Crippen LogP contribution in [0, 0.1) is 0 Å². The van der Waals surface area contributed by atoms with E-state index in [1.54, 1.807) is 11.8 Å². The van der Waals surface area contributed by atoms with Gasteiger partial charge in [-0.1, -0.05) is 18.2 Å². The second-order valence-electron chi connectivity index (χ2n) is 5.31. The average Bonchev–Trinajstić information content (AvgIpc) is 2.46. The first kappa shape index (κ1) is 13.0. The Labute approximate surface area is 108 Å². The summed E-state index contributed by atoms with van der Waals surface area (Å²) in [6.45, 7) is 8.33. The van der Waals surface area contributed by atoms with Crippen LogP contribution in [0.4, 0.5) is 0 Å². The predicted octanol–water partition coefficient (Wildman–Crippen LogP) is 3.41. The molecule has 1 aliphatic rings. The maximum atomic E-state index is 5.94. The molecule has 1 aromatic rings. The minimum atomic E-state index is -0.227. The lowest BCUT2D eigenvalue weighted by Gasteiger charge is -2.32. The van der Waals surface area contributed by atoms with Gasteiger partial charge in [-0.15, -0.1) is 11.8 Å². The molecule has 1 aromatic carbocycles. The van der Waals surface area contributed by atoms with E-state index in [2.05, 4.69) is 39.8 Å². The Hall–Kier alpha value is -0.445. The Bertz CT molecular complexity index is 362. The first-order chi connectivity index (χ1) is 7.91. The molecular weight excluding hydrogens is 231 g/mol. The molecule has 92 valence electrons. The van der Waals surface area contributed by atoms with Gasteiger partial charge in [0.05, 0.1) is 11.2 Å². The van der Waals surface area contributed by atoms with Crippen molar-refractivity contribution in [2.45, 2.75) is 43.8 Å². The van der Waals surface area contributed by atoms with E-state index in [1.807, 2.05) is 18.2 Å². The third-order valence-corrected chi connectivity index (χ3v) is 4.48. The summed E-state index contributed by atoms with van der Waals surface area (Å²) in [5.41, 5.74) is 0.376. The van der Waals surface area contributed by atoms with Crippen molar-refractivity contribution in [1.29, 1.82) is 0 Å². The van der Waals surface area contributed by atoms with E-state index >= 15 is 0 Å². The highest BCUT2D eigenvalue weighted by Gasteiger charge is 2.50. The molecule has 2 nitrogen and oxygen atoms in total. The Balaban J connectivity index is 1.91. The molecule has 0 radical (unpaired) electrons. The van der Waals surface area contributed by atoms with Crippen LogP contribution in [0.15, 0.2) is 35.2 Å². The van der Waals surface area contributed by atoms with Crippen molar-refractivity contribution in [2.24, 2.45) is 0 Å². The molecule has 0 atom stereocenters. The van der Waals surface area contributed by atoms with Crippen molar-refractivity contribution in [1.82, 2.24) is 0 Å². The molecule has 17 heavy (non-hydrogen) atoms. The topological polar surface area (TPSA) is 18.5 Å². The summed E-state index contributed by atoms with van der Waals surface area (Å²) < 4.78 is 11.9. The van der Waals surface area contributed by atoms with E-state index in [9.17, 15) is 0 Å². The quantitative estimate of drug-likeness (QED) is 0.605. The molecule has 0 aromatic heterocycles. The van der Waals surface area contributed by atoms with E-state index < -0.39 is 0 Å². The molecular formula is C13H19BO2S. The number of hydrogen-bond acceptors (Lipinski definition) is 3. The molecule has 0 N–H and O–H groups in total. The van der Waals surface area contributed by atoms with Gasteiger partial charge in [0.15, 0.2) is 0 Å². The summed E-state index contributed by atoms with van der Waals surface area (Å²) in [5, 5.41) is 0. The average molecular weight is 250 g/mol. The Morgan fingerprint density at radius 3 is 2.06 bits per heavy atom. The van der Waals surface area contributed by atoms with Crippen LogP contribution in [0.25, 0.3) is 0 Å². The smallest absolute Gasteiger partial charge is 0.403 e. The fraction of sp³-hybridized carbons (Fsp3) is 0.538. The molecule has 1 saturated heterocycles. The van der Waals surface area contributed by atoms with Gasteiger partial charge in [0, 0.05) is 10.5 Å². The standard InChI is InChI=1S/C13H19BO2S/c1-12(2)13(3,4)16-14(15-12)10-17-11-8-6-5-7-9-11/h5-9H,10H2,1-4H3. The Morgan fingerprint density at radius 1 is 1.00 bits per heavy atom. The second-order valence-corrected chi connectivity index (χ2v) is 6.40. The highest BCUT2D eigenvalue weighted by molar-refractivity contribution is 8.00. The Kier molecular flexibility index (Phi) is 3.57. The molecule has 0 spiro atoms. The van der Waals surface area contributed by atoms with Gasteiger partial charge in [-0.3, -0.25) is 0 Å². The first-order valence-electron chi connectivity index (χ1n) is 5.94. The molecule has 1 heterocycles. The van der Waals surface area contributed by atoms with Crippen molar-refractivity contribution < 1.29 is 9.31 Å². The summed E-state index contributed by atoms with van der Waals surface area (Å²) in [6.07, 6.45) is 0. The summed E-state index contributed by atoms with van der Waals surface area (Å²) in [5.74, 6) is 0. The lowest BCUT2D eigenvalue weighted by atomic mass is 9.90. The number of rotatable bonds is 3. The number of hydrogen-bond donors (Lipinski definition) is 0. The third-order valence-electron chi connectivity index (χ3n) is 3.43. The van der Waals surface area contributed by atoms with Gasteiger partial charge in [-0.2, -0.15) is 0 Å². The minimum Gasteiger partial charge on any atom is -0.403 e. The zero-order chi connectivity index (χ0) is 12.5. The highest BCUT2D eigenvalue weighted by atomic mass is 32.2. The van der Waals surface area contributed by atoms with Crippen molar-refractivity contribution >= 4 is 18.9 Å². The normalized spacial score (nSPS) is 21.8. The van der Waals surface area contributed by atoms with Crippen LogP contribution in [-0.4, -0.2) is 24.0 Å². The number of thioether (sulfide) groups is 1. The molecule has 0 unspecified atom stereocenters. The van der Waals surface area contributed by atoms with Gasteiger partial charge < -0.3 is 9.31 Å². The molecule has 0 bridgehead atoms. The van der Waals surface area contributed by atoms with Crippen molar-refractivity contribution in [2.75, 3.05) is 5.65 Å². The van der Waals surface area contributed by atoms with Crippen LogP contribution in [0.2, 0.25) is 0 Å². The summed E-state index contributed by atoms with van der Waals surface area (Å²) in [6, 6.07) is 10.3. The van der Waals surface area contributed by atoms with E-state index in [-0.39, 0.29) is 18.3 Å². The van der Waals surface area contributed by atoms with E-state index in [0.29, 0.717) is 0 Å². The van der Waals surface area contributed by atoms with Crippen LogP contribution in [-0.2, 0) is 9.31 Å². The minimum absolute atomic E-state index is 0.120. The van der Waals surface area contributed by atoms with Crippen LogP contribution < -0.4 is 0 Å². The summed E-state index contributed by atoms with van der Waals surface area (Å²) in [4.78, 5) is 1.25. The van der Waals surface area contributed by atoms with Gasteiger partial charge in [-0.25, -0.2) is 0 Å². The van der Waals surface area contributed by atoms with E-state index in [1.165, 1.54) is 4.90 Å². The van der Waals surface area contributed by atoms with E-state index in [0.717, 1.165) is 5.65 Å². The summed E-state index contributed by atoms with van der Waals surface area (Å²) >= 11 is 1.77. The maximum Gasteiger partial charge on any atom is 0.468 e. The van der Waals surface area contributed by atoms with Gasteiger partial charge in [0.2, 0.25) is 0 Å². The molecule has 0 aliphatic carbocycles. The molecule has 1 fully saturated rings. The second kappa shape index (κ2) is 4.67. The van der Waals surface area contributed by atoms with Crippen LogP contribution >= 0.6 is 11.8 Å². The van der Waals surface area contributed by atoms with Crippen LogP contribution in [0.5, 0.6) is 0 Å². The Morgan fingerprint density at radius 2 is 1.53 bits per heavy atom. The van der Waals surface area contributed by atoms with E-state index in [4.69, 9.17) is 9.31 Å². The van der Waals surface area contributed by atoms with Gasteiger partial charge in [0.1, 0.15) is 0 Å². The first-order valence-corrected chi connectivity index (χ1v) is 6.93. The van der Waals surface area contributed by atoms with Crippen LogP contribution in [0.1, 0.15) is 27.7 Å². The monoisotopic (exact) mass is 250 g/mol. The lowest BCUT2D eigenvalue weighted by molar-refractivity contribution is 0.00578. The fourth-order valence-corrected chi connectivity index (χ4v) is 2.53.